The first-order valence-electron chi connectivity index (χ1n) is 11.9. The van der Waals surface area contributed by atoms with Crippen molar-refractivity contribution in [1.82, 2.24) is 14.6 Å². The first kappa shape index (κ1) is 21.7. The Labute approximate surface area is 178 Å². The summed E-state index contributed by atoms with van der Waals surface area (Å²) in [4.78, 5) is 4.83. The summed E-state index contributed by atoms with van der Waals surface area (Å²) in [5.74, 6) is 1.62. The highest BCUT2D eigenvalue weighted by Crippen LogP contribution is 2.44. The predicted octanol–water partition coefficient (Wildman–Crippen LogP) is 6.26. The van der Waals surface area contributed by atoms with Gasteiger partial charge in [-0.3, -0.25) is 0 Å². The normalized spacial score (nSPS) is 21.5. The summed E-state index contributed by atoms with van der Waals surface area (Å²) < 4.78 is 27.3. The molecule has 0 spiro atoms. The van der Waals surface area contributed by atoms with Gasteiger partial charge in [-0.05, 0) is 35.3 Å². The summed E-state index contributed by atoms with van der Waals surface area (Å²) in [5, 5.41) is 4.45. The number of nitrogens with two attached hydrogens (primary N) is 1. The highest BCUT2D eigenvalue weighted by molar-refractivity contribution is 5.42. The van der Waals surface area contributed by atoms with E-state index in [4.69, 9.17) is 10.7 Å². The molecule has 0 saturated heterocycles. The Morgan fingerprint density at radius 2 is 1.63 bits per heavy atom. The van der Waals surface area contributed by atoms with E-state index in [0.29, 0.717) is 23.4 Å². The van der Waals surface area contributed by atoms with Crippen LogP contribution < -0.4 is 5.73 Å². The molecule has 2 unspecified atom stereocenters. The third kappa shape index (κ3) is 4.84. The van der Waals surface area contributed by atoms with E-state index in [1.165, 1.54) is 64.2 Å². The molecule has 30 heavy (non-hydrogen) atoms. The van der Waals surface area contributed by atoms with Gasteiger partial charge in [0.05, 0.1) is 24.1 Å². The lowest BCUT2D eigenvalue weighted by Crippen LogP contribution is -2.36. The van der Waals surface area contributed by atoms with Crippen LogP contribution in [0, 0.1) is 17.8 Å². The molecule has 6 heteroatoms. The first-order valence-corrected chi connectivity index (χ1v) is 11.9. The fraction of sp³-hybridized carbons (Fsp3) is 0.750. The van der Waals surface area contributed by atoms with E-state index in [2.05, 4.69) is 5.10 Å². The summed E-state index contributed by atoms with van der Waals surface area (Å²) in [5.41, 5.74) is 9.35. The van der Waals surface area contributed by atoms with Gasteiger partial charge in [-0.15, -0.1) is 0 Å². The van der Waals surface area contributed by atoms with E-state index < -0.39 is 6.43 Å². The highest BCUT2D eigenvalue weighted by Gasteiger charge is 2.37. The standard InChI is InChI=1S/C24H36F2N4/c1-16(12-21(25)26)19-13-22-29-20(15-30(22)28-14-19)24(27)23(17-8-4-2-5-9-17)18-10-6-3-7-11-18/h13-18,21,23-24H,2-12,27H2,1H3. The van der Waals surface area contributed by atoms with E-state index in [9.17, 15) is 8.78 Å². The van der Waals surface area contributed by atoms with Crippen LogP contribution in [0.15, 0.2) is 18.5 Å². The van der Waals surface area contributed by atoms with E-state index >= 15 is 0 Å². The lowest BCUT2D eigenvalue weighted by atomic mass is 9.66. The van der Waals surface area contributed by atoms with Gasteiger partial charge in [0, 0.05) is 6.42 Å². The largest absolute Gasteiger partial charge is 0.322 e. The molecule has 2 atom stereocenters. The lowest BCUT2D eigenvalue weighted by molar-refractivity contribution is 0.117. The van der Waals surface area contributed by atoms with Gasteiger partial charge in [0.25, 0.3) is 0 Å². The molecule has 166 valence electrons. The molecular weight excluding hydrogens is 382 g/mol. The lowest BCUT2D eigenvalue weighted by Gasteiger charge is -2.40. The van der Waals surface area contributed by atoms with Crippen molar-refractivity contribution in [2.45, 2.75) is 95.9 Å². The smallest absolute Gasteiger partial charge is 0.239 e. The van der Waals surface area contributed by atoms with Gasteiger partial charge in [0.15, 0.2) is 5.65 Å². The van der Waals surface area contributed by atoms with Crippen molar-refractivity contribution in [2.75, 3.05) is 0 Å². The van der Waals surface area contributed by atoms with E-state index in [-0.39, 0.29) is 18.4 Å². The number of imidazole rings is 1. The summed E-state index contributed by atoms with van der Waals surface area (Å²) in [6.07, 6.45) is 14.3. The number of aromatic nitrogens is 3. The number of rotatable bonds is 7. The molecule has 2 fully saturated rings. The average molecular weight is 419 g/mol. The Kier molecular flexibility index (Phi) is 7.01. The third-order valence-electron chi connectivity index (χ3n) is 7.61. The highest BCUT2D eigenvalue weighted by atomic mass is 19.3. The van der Waals surface area contributed by atoms with Gasteiger partial charge in [0.2, 0.25) is 6.43 Å². The Balaban J connectivity index is 1.59. The second kappa shape index (κ2) is 9.71. The van der Waals surface area contributed by atoms with E-state index in [1.807, 2.05) is 19.2 Å². The zero-order chi connectivity index (χ0) is 21.1. The number of hydrogen-bond donors (Lipinski definition) is 1. The third-order valence-corrected chi connectivity index (χ3v) is 7.61. The zero-order valence-electron chi connectivity index (χ0n) is 18.1. The summed E-state index contributed by atoms with van der Waals surface area (Å²) in [6.45, 7) is 1.82. The molecule has 2 aliphatic rings. The Bertz CT molecular complexity index is 791. The van der Waals surface area contributed by atoms with Crippen LogP contribution in [0.4, 0.5) is 8.78 Å². The molecule has 0 aliphatic heterocycles. The van der Waals surface area contributed by atoms with Crippen molar-refractivity contribution in [1.29, 1.82) is 0 Å². The monoisotopic (exact) mass is 418 g/mol. The maximum Gasteiger partial charge on any atom is 0.239 e. The van der Waals surface area contributed by atoms with Gasteiger partial charge >= 0.3 is 0 Å². The fourth-order valence-corrected chi connectivity index (χ4v) is 5.95. The average Bonchev–Trinajstić information content (AvgIpc) is 3.18. The molecule has 2 saturated carbocycles. The molecule has 0 bridgehead atoms. The quantitative estimate of drug-likeness (QED) is 0.577. The summed E-state index contributed by atoms with van der Waals surface area (Å²) >= 11 is 0. The van der Waals surface area contributed by atoms with Crippen molar-refractivity contribution >= 4 is 5.65 Å². The zero-order valence-corrected chi connectivity index (χ0v) is 18.1. The van der Waals surface area contributed by atoms with Crippen LogP contribution in [0.5, 0.6) is 0 Å². The van der Waals surface area contributed by atoms with Crippen LogP contribution in [-0.4, -0.2) is 21.0 Å². The minimum atomic E-state index is -2.31. The van der Waals surface area contributed by atoms with E-state index in [0.717, 1.165) is 11.3 Å². The van der Waals surface area contributed by atoms with Crippen LogP contribution in [-0.2, 0) is 0 Å². The van der Waals surface area contributed by atoms with Crippen LogP contribution in [0.3, 0.4) is 0 Å². The van der Waals surface area contributed by atoms with Gasteiger partial charge in [-0.25, -0.2) is 18.3 Å². The maximum atomic E-state index is 12.8. The minimum absolute atomic E-state index is 0.0835. The molecule has 2 aromatic heterocycles. The van der Waals surface area contributed by atoms with Gasteiger partial charge in [-0.1, -0.05) is 71.1 Å². The fourth-order valence-electron chi connectivity index (χ4n) is 5.95. The number of alkyl halides is 2. The molecular formula is C24H36F2N4. The molecule has 4 rings (SSSR count). The number of nitrogens with zero attached hydrogens (tertiary/aromatic N) is 3. The molecule has 2 N–H and O–H groups in total. The topological polar surface area (TPSA) is 56.2 Å². The second-order valence-corrected chi connectivity index (χ2v) is 9.68. The van der Waals surface area contributed by atoms with Crippen molar-refractivity contribution in [3.05, 3.63) is 29.7 Å². The molecule has 2 aromatic rings. The molecule has 2 aliphatic carbocycles. The summed E-state index contributed by atoms with van der Waals surface area (Å²) in [6, 6.07) is 1.81. The van der Waals surface area contributed by atoms with Crippen LogP contribution in [0.2, 0.25) is 0 Å². The molecule has 4 nitrogen and oxygen atoms in total. The van der Waals surface area contributed by atoms with Gasteiger partial charge in [-0.2, -0.15) is 5.10 Å². The maximum absolute atomic E-state index is 12.8. The van der Waals surface area contributed by atoms with Crippen LogP contribution >= 0.6 is 0 Å². The number of hydrogen-bond acceptors (Lipinski definition) is 3. The predicted molar refractivity (Wildman–Crippen MR) is 116 cm³/mol. The minimum Gasteiger partial charge on any atom is -0.322 e. The van der Waals surface area contributed by atoms with Crippen molar-refractivity contribution < 1.29 is 8.78 Å². The first-order chi connectivity index (χ1) is 14.5. The van der Waals surface area contributed by atoms with E-state index in [1.54, 1.807) is 10.7 Å². The Morgan fingerprint density at radius 3 is 2.20 bits per heavy atom. The molecule has 0 amide bonds. The van der Waals surface area contributed by atoms with Gasteiger partial charge in [0.1, 0.15) is 0 Å². The van der Waals surface area contributed by atoms with Crippen molar-refractivity contribution in [2.24, 2.45) is 23.5 Å². The van der Waals surface area contributed by atoms with Gasteiger partial charge < -0.3 is 5.73 Å². The Morgan fingerprint density at radius 1 is 1.03 bits per heavy atom. The SMILES string of the molecule is CC(CC(F)F)c1cnn2cc(C(N)C(C3CCCCC3)C3CCCCC3)nc2c1. The molecule has 0 aromatic carbocycles. The Hall–Kier alpha value is -1.56. The molecule has 2 heterocycles. The second-order valence-electron chi connectivity index (χ2n) is 9.68. The number of fused-ring (bicyclic) bond motifs is 1. The summed E-state index contributed by atoms with van der Waals surface area (Å²) in [7, 11) is 0. The van der Waals surface area contributed by atoms with Crippen LogP contribution in [0.1, 0.15) is 101 Å². The number of halogens is 2. The van der Waals surface area contributed by atoms with Crippen molar-refractivity contribution in [3.8, 4) is 0 Å². The van der Waals surface area contributed by atoms with Crippen molar-refractivity contribution in [3.63, 3.8) is 0 Å². The van der Waals surface area contributed by atoms with Crippen LogP contribution in [0.25, 0.3) is 5.65 Å². The molecule has 0 radical (unpaired) electrons.